The maximum absolute atomic E-state index is 4.47. The van der Waals surface area contributed by atoms with E-state index in [1.165, 1.54) is 24.1 Å². The van der Waals surface area contributed by atoms with E-state index in [-0.39, 0.29) is 0 Å². The summed E-state index contributed by atoms with van der Waals surface area (Å²) in [5, 5.41) is 3.62. The Morgan fingerprint density at radius 2 is 2.05 bits per heavy atom. The molecule has 0 bridgehead atoms. The van der Waals surface area contributed by atoms with E-state index in [0.29, 0.717) is 6.04 Å². The molecule has 3 rings (SSSR count). The molecule has 1 aromatic heterocycles. The molecule has 1 atom stereocenters. The van der Waals surface area contributed by atoms with Crippen molar-refractivity contribution in [2.75, 3.05) is 18.0 Å². The van der Waals surface area contributed by atoms with E-state index in [1.54, 1.807) is 0 Å². The number of pyridine rings is 1. The highest BCUT2D eigenvalue weighted by molar-refractivity contribution is 5.56. The quantitative estimate of drug-likeness (QED) is 0.929. The number of aromatic nitrogens is 1. The summed E-state index contributed by atoms with van der Waals surface area (Å²) in [7, 11) is 0. The molecular weight excluding hydrogens is 258 g/mol. The van der Waals surface area contributed by atoms with Gasteiger partial charge in [0.25, 0.3) is 0 Å². The second kappa shape index (κ2) is 6.72. The highest BCUT2D eigenvalue weighted by Gasteiger charge is 2.22. The van der Waals surface area contributed by atoms with Gasteiger partial charge in [0.2, 0.25) is 0 Å². The summed E-state index contributed by atoms with van der Waals surface area (Å²) in [5.41, 5.74) is 3.91. The number of nitrogens with one attached hydrogen (secondary N) is 1. The lowest BCUT2D eigenvalue weighted by Crippen LogP contribution is -2.24. The van der Waals surface area contributed by atoms with Crippen LogP contribution in [0.1, 0.15) is 37.1 Å². The Balaban J connectivity index is 1.89. The van der Waals surface area contributed by atoms with Crippen LogP contribution in [0.25, 0.3) is 0 Å². The van der Waals surface area contributed by atoms with Crippen molar-refractivity contribution in [2.45, 2.75) is 32.4 Å². The SMILES string of the molecule is CCNC1CCCN(Cc2ccccn2)c2ccccc21. The molecule has 1 unspecified atom stereocenters. The van der Waals surface area contributed by atoms with Crippen LogP contribution in [0.4, 0.5) is 5.69 Å². The zero-order chi connectivity index (χ0) is 14.5. The third-order valence-corrected chi connectivity index (χ3v) is 4.10. The first-order chi connectivity index (χ1) is 10.4. The largest absolute Gasteiger partial charge is 0.365 e. The van der Waals surface area contributed by atoms with Crippen LogP contribution in [0.5, 0.6) is 0 Å². The van der Waals surface area contributed by atoms with Crippen LogP contribution in [-0.4, -0.2) is 18.1 Å². The lowest BCUT2D eigenvalue weighted by molar-refractivity contribution is 0.510. The predicted molar refractivity (Wildman–Crippen MR) is 87.4 cm³/mol. The highest BCUT2D eigenvalue weighted by atomic mass is 15.1. The summed E-state index contributed by atoms with van der Waals surface area (Å²) in [6.45, 7) is 5.17. The third-order valence-electron chi connectivity index (χ3n) is 4.10. The number of hydrogen-bond donors (Lipinski definition) is 1. The van der Waals surface area contributed by atoms with Crippen molar-refractivity contribution < 1.29 is 0 Å². The van der Waals surface area contributed by atoms with E-state index in [9.17, 15) is 0 Å². The molecule has 0 fully saturated rings. The van der Waals surface area contributed by atoms with Crippen LogP contribution in [0.15, 0.2) is 48.7 Å². The molecule has 0 saturated carbocycles. The Morgan fingerprint density at radius 1 is 1.19 bits per heavy atom. The number of nitrogens with zero attached hydrogens (tertiary/aromatic N) is 2. The number of rotatable bonds is 4. The second-order valence-corrected chi connectivity index (χ2v) is 5.55. The van der Waals surface area contributed by atoms with Crippen LogP contribution < -0.4 is 10.2 Å². The first-order valence-corrected chi connectivity index (χ1v) is 7.85. The molecule has 21 heavy (non-hydrogen) atoms. The summed E-state index contributed by atoms with van der Waals surface area (Å²) in [4.78, 5) is 6.94. The van der Waals surface area contributed by atoms with Gasteiger partial charge in [-0.2, -0.15) is 0 Å². The molecule has 2 aromatic rings. The van der Waals surface area contributed by atoms with E-state index in [2.05, 4.69) is 58.5 Å². The second-order valence-electron chi connectivity index (χ2n) is 5.55. The number of hydrogen-bond acceptors (Lipinski definition) is 3. The van der Waals surface area contributed by atoms with Gasteiger partial charge in [-0.1, -0.05) is 31.2 Å². The van der Waals surface area contributed by atoms with E-state index < -0.39 is 0 Å². The van der Waals surface area contributed by atoms with Gasteiger partial charge >= 0.3 is 0 Å². The van der Waals surface area contributed by atoms with Gasteiger partial charge in [0.15, 0.2) is 0 Å². The Bertz CT molecular complexity index is 568. The molecule has 1 aliphatic rings. The summed E-state index contributed by atoms with van der Waals surface area (Å²) < 4.78 is 0. The minimum absolute atomic E-state index is 0.472. The first-order valence-electron chi connectivity index (χ1n) is 7.85. The molecule has 0 amide bonds. The summed E-state index contributed by atoms with van der Waals surface area (Å²) in [6, 6.07) is 15.4. The van der Waals surface area contributed by atoms with E-state index in [1.807, 2.05) is 12.3 Å². The fourth-order valence-electron chi connectivity index (χ4n) is 3.14. The minimum atomic E-state index is 0.472. The van der Waals surface area contributed by atoms with Crippen LogP contribution in [0.2, 0.25) is 0 Å². The molecular formula is C18H23N3. The van der Waals surface area contributed by atoms with Crippen molar-refractivity contribution in [3.8, 4) is 0 Å². The van der Waals surface area contributed by atoms with Gasteiger partial charge < -0.3 is 10.2 Å². The maximum Gasteiger partial charge on any atom is 0.0602 e. The predicted octanol–water partition coefficient (Wildman–Crippen LogP) is 3.53. The molecule has 0 radical (unpaired) electrons. The zero-order valence-corrected chi connectivity index (χ0v) is 12.6. The Labute approximate surface area is 127 Å². The zero-order valence-electron chi connectivity index (χ0n) is 12.6. The van der Waals surface area contributed by atoms with Gasteiger partial charge in [0.05, 0.1) is 12.2 Å². The van der Waals surface area contributed by atoms with Gasteiger partial charge in [-0.05, 0) is 43.1 Å². The van der Waals surface area contributed by atoms with Crippen molar-refractivity contribution >= 4 is 5.69 Å². The molecule has 0 aliphatic carbocycles. The monoisotopic (exact) mass is 281 g/mol. The maximum atomic E-state index is 4.47. The molecule has 110 valence electrons. The average Bonchev–Trinajstić information content (AvgIpc) is 2.70. The lowest BCUT2D eigenvalue weighted by atomic mass is 10.0. The molecule has 0 saturated heterocycles. The number of anilines is 1. The number of fused-ring (bicyclic) bond motifs is 1. The average molecular weight is 281 g/mol. The van der Waals surface area contributed by atoms with Gasteiger partial charge in [-0.25, -0.2) is 0 Å². The molecule has 1 N–H and O–H groups in total. The summed E-state index contributed by atoms with van der Waals surface area (Å²) in [5.74, 6) is 0. The first kappa shape index (κ1) is 14.1. The van der Waals surface area contributed by atoms with Crippen molar-refractivity contribution in [3.05, 3.63) is 59.9 Å². The smallest absolute Gasteiger partial charge is 0.0602 e. The standard InChI is InChI=1S/C18H23N3/c1-2-19-17-10-7-13-21(14-15-8-5-6-12-20-15)18-11-4-3-9-16(17)18/h3-6,8-9,11-12,17,19H,2,7,10,13-14H2,1H3. The van der Waals surface area contributed by atoms with Crippen LogP contribution >= 0.6 is 0 Å². The van der Waals surface area contributed by atoms with Crippen molar-refractivity contribution in [1.29, 1.82) is 0 Å². The third kappa shape index (κ3) is 3.24. The van der Waals surface area contributed by atoms with Gasteiger partial charge in [0.1, 0.15) is 0 Å². The van der Waals surface area contributed by atoms with Crippen LogP contribution in [-0.2, 0) is 6.54 Å². The normalized spacial score (nSPS) is 18.1. The Hall–Kier alpha value is -1.87. The van der Waals surface area contributed by atoms with Gasteiger partial charge in [-0.15, -0.1) is 0 Å². The van der Waals surface area contributed by atoms with Crippen LogP contribution in [0.3, 0.4) is 0 Å². The molecule has 1 aliphatic heterocycles. The van der Waals surface area contributed by atoms with Gasteiger partial charge in [0, 0.05) is 24.5 Å². The fraction of sp³-hybridized carbons (Fsp3) is 0.389. The topological polar surface area (TPSA) is 28.2 Å². The fourth-order valence-corrected chi connectivity index (χ4v) is 3.14. The van der Waals surface area contributed by atoms with Crippen LogP contribution in [0, 0.1) is 0 Å². The molecule has 1 aromatic carbocycles. The molecule has 3 heteroatoms. The number of para-hydroxylation sites is 1. The van der Waals surface area contributed by atoms with Gasteiger partial charge in [-0.3, -0.25) is 4.98 Å². The van der Waals surface area contributed by atoms with Crippen molar-refractivity contribution in [3.63, 3.8) is 0 Å². The highest BCUT2D eigenvalue weighted by Crippen LogP contribution is 2.33. The van der Waals surface area contributed by atoms with E-state index >= 15 is 0 Å². The molecule has 0 spiro atoms. The van der Waals surface area contributed by atoms with Crippen molar-refractivity contribution in [2.24, 2.45) is 0 Å². The summed E-state index contributed by atoms with van der Waals surface area (Å²) >= 11 is 0. The lowest BCUT2D eigenvalue weighted by Gasteiger charge is -2.25. The Morgan fingerprint density at radius 3 is 2.86 bits per heavy atom. The molecule has 2 heterocycles. The van der Waals surface area contributed by atoms with E-state index in [0.717, 1.165) is 25.3 Å². The number of benzene rings is 1. The minimum Gasteiger partial charge on any atom is -0.365 e. The van der Waals surface area contributed by atoms with Crippen molar-refractivity contribution in [1.82, 2.24) is 10.3 Å². The molecule has 3 nitrogen and oxygen atoms in total. The summed E-state index contributed by atoms with van der Waals surface area (Å²) in [6.07, 6.45) is 4.28. The Kier molecular flexibility index (Phi) is 4.51. The van der Waals surface area contributed by atoms with E-state index in [4.69, 9.17) is 0 Å².